The summed E-state index contributed by atoms with van der Waals surface area (Å²) < 4.78 is 20.4. The van der Waals surface area contributed by atoms with E-state index in [1.807, 2.05) is 18.2 Å². The second-order valence-electron chi connectivity index (χ2n) is 7.11. The normalized spacial score (nSPS) is 15.1. The molecule has 4 rings (SSSR count). The zero-order valence-electron chi connectivity index (χ0n) is 15.0. The molecule has 140 valence electrons. The molecule has 1 aliphatic carbocycles. The molecule has 5 heteroatoms. The first kappa shape index (κ1) is 17.6. The predicted molar refractivity (Wildman–Crippen MR) is 103 cm³/mol. The van der Waals surface area contributed by atoms with E-state index in [2.05, 4.69) is 4.98 Å². The molecule has 0 aliphatic heterocycles. The van der Waals surface area contributed by atoms with E-state index in [1.165, 1.54) is 25.3 Å². The molecule has 1 aliphatic rings. The molecule has 0 saturated heterocycles. The highest BCUT2D eigenvalue weighted by Gasteiger charge is 2.20. The molecule has 0 radical (unpaired) electrons. The highest BCUT2D eigenvalue weighted by atomic mass is 19.1. The molecule has 1 heterocycles. The lowest BCUT2D eigenvalue weighted by Gasteiger charge is -2.23. The number of aromatic nitrogens is 1. The van der Waals surface area contributed by atoms with Crippen molar-refractivity contribution in [1.29, 1.82) is 0 Å². The van der Waals surface area contributed by atoms with Gasteiger partial charge in [-0.2, -0.15) is 0 Å². The standard InChI is InChI=1S/C22H22FNO3/c23-19-9-5-4-8-16(19)22-18(13-21(25)26)17-12-15(10-11-20(17)24-22)27-14-6-2-1-3-7-14/h4-5,8-12,14,24H,1-3,6-7,13H2,(H,25,26). The second-order valence-corrected chi connectivity index (χ2v) is 7.11. The summed E-state index contributed by atoms with van der Waals surface area (Å²) in [6.45, 7) is 0. The number of benzene rings is 2. The van der Waals surface area contributed by atoms with Gasteiger partial charge in [0.15, 0.2) is 0 Å². The van der Waals surface area contributed by atoms with Gasteiger partial charge in [0.25, 0.3) is 0 Å². The van der Waals surface area contributed by atoms with Crippen molar-refractivity contribution in [2.24, 2.45) is 0 Å². The number of fused-ring (bicyclic) bond motifs is 1. The van der Waals surface area contributed by atoms with Gasteiger partial charge in [0.2, 0.25) is 0 Å². The quantitative estimate of drug-likeness (QED) is 0.642. The average molecular weight is 367 g/mol. The van der Waals surface area contributed by atoms with Crippen molar-refractivity contribution in [3.8, 4) is 17.0 Å². The zero-order chi connectivity index (χ0) is 18.8. The van der Waals surface area contributed by atoms with E-state index in [9.17, 15) is 14.3 Å². The summed E-state index contributed by atoms with van der Waals surface area (Å²) in [6, 6.07) is 12.0. The van der Waals surface area contributed by atoms with Crippen molar-refractivity contribution in [3.05, 3.63) is 53.8 Å². The summed E-state index contributed by atoms with van der Waals surface area (Å²) in [7, 11) is 0. The first-order chi connectivity index (χ1) is 13.1. The molecule has 27 heavy (non-hydrogen) atoms. The van der Waals surface area contributed by atoms with Gasteiger partial charge in [-0.15, -0.1) is 0 Å². The molecule has 3 aromatic rings. The van der Waals surface area contributed by atoms with Gasteiger partial charge in [-0.3, -0.25) is 4.79 Å². The van der Waals surface area contributed by atoms with Crippen LogP contribution in [0.15, 0.2) is 42.5 Å². The number of hydrogen-bond donors (Lipinski definition) is 2. The van der Waals surface area contributed by atoms with E-state index in [0.717, 1.165) is 29.5 Å². The van der Waals surface area contributed by atoms with Gasteiger partial charge in [0.05, 0.1) is 18.2 Å². The van der Waals surface area contributed by atoms with Crippen LogP contribution in [0.25, 0.3) is 22.2 Å². The fourth-order valence-corrected chi connectivity index (χ4v) is 3.90. The van der Waals surface area contributed by atoms with Crippen LogP contribution in [0.4, 0.5) is 4.39 Å². The molecule has 1 aromatic heterocycles. The smallest absolute Gasteiger partial charge is 0.307 e. The first-order valence-electron chi connectivity index (χ1n) is 9.40. The van der Waals surface area contributed by atoms with E-state index in [4.69, 9.17) is 4.74 Å². The van der Waals surface area contributed by atoms with Gasteiger partial charge in [-0.05, 0) is 61.6 Å². The Morgan fingerprint density at radius 1 is 1.15 bits per heavy atom. The Hall–Kier alpha value is -2.82. The van der Waals surface area contributed by atoms with Crippen LogP contribution in [-0.4, -0.2) is 22.2 Å². The maximum atomic E-state index is 14.3. The number of aromatic amines is 1. The summed E-state index contributed by atoms with van der Waals surface area (Å²) in [5.74, 6) is -0.596. The van der Waals surface area contributed by atoms with Crippen molar-refractivity contribution in [2.45, 2.75) is 44.6 Å². The minimum absolute atomic E-state index is 0.184. The molecule has 2 aromatic carbocycles. The molecular weight excluding hydrogens is 345 g/mol. The van der Waals surface area contributed by atoms with E-state index >= 15 is 0 Å². The maximum absolute atomic E-state index is 14.3. The number of rotatable bonds is 5. The molecular formula is C22H22FNO3. The minimum Gasteiger partial charge on any atom is -0.490 e. The lowest BCUT2D eigenvalue weighted by molar-refractivity contribution is -0.136. The molecule has 1 fully saturated rings. The van der Waals surface area contributed by atoms with Gasteiger partial charge in [0, 0.05) is 16.5 Å². The summed E-state index contributed by atoms with van der Waals surface area (Å²) in [5.41, 5.74) is 2.25. The lowest BCUT2D eigenvalue weighted by Crippen LogP contribution is -2.19. The van der Waals surface area contributed by atoms with Crippen LogP contribution in [0.2, 0.25) is 0 Å². The van der Waals surface area contributed by atoms with Crippen LogP contribution in [-0.2, 0) is 11.2 Å². The van der Waals surface area contributed by atoms with Crippen LogP contribution in [0, 0.1) is 5.82 Å². The third-order valence-electron chi connectivity index (χ3n) is 5.20. The Morgan fingerprint density at radius 2 is 1.93 bits per heavy atom. The summed E-state index contributed by atoms with van der Waals surface area (Å²) >= 11 is 0. The number of carbonyl (C=O) groups is 1. The number of H-pyrrole nitrogens is 1. The Labute approximate surface area is 157 Å². The Morgan fingerprint density at radius 3 is 2.67 bits per heavy atom. The Bertz CT molecular complexity index is 973. The molecule has 0 amide bonds. The van der Waals surface area contributed by atoms with Gasteiger partial charge in [-0.25, -0.2) is 4.39 Å². The predicted octanol–water partition coefficient (Wildman–Crippen LogP) is 5.31. The number of carboxylic acids is 1. The number of hydrogen-bond acceptors (Lipinski definition) is 2. The van der Waals surface area contributed by atoms with Crippen molar-refractivity contribution in [3.63, 3.8) is 0 Å². The fourth-order valence-electron chi connectivity index (χ4n) is 3.90. The van der Waals surface area contributed by atoms with Crippen LogP contribution >= 0.6 is 0 Å². The van der Waals surface area contributed by atoms with Crippen LogP contribution in [0.5, 0.6) is 5.75 Å². The highest BCUT2D eigenvalue weighted by Crippen LogP contribution is 2.35. The van der Waals surface area contributed by atoms with Gasteiger partial charge in [-0.1, -0.05) is 18.6 Å². The second kappa shape index (κ2) is 7.43. The topological polar surface area (TPSA) is 62.3 Å². The molecule has 0 spiro atoms. The van der Waals surface area contributed by atoms with Gasteiger partial charge >= 0.3 is 5.97 Å². The van der Waals surface area contributed by atoms with E-state index in [0.29, 0.717) is 16.8 Å². The molecule has 0 unspecified atom stereocenters. The van der Waals surface area contributed by atoms with Crippen molar-refractivity contribution in [1.82, 2.24) is 4.98 Å². The summed E-state index contributed by atoms with van der Waals surface area (Å²) in [4.78, 5) is 14.6. The first-order valence-corrected chi connectivity index (χ1v) is 9.40. The van der Waals surface area contributed by atoms with Crippen LogP contribution < -0.4 is 4.74 Å². The Kier molecular flexibility index (Phi) is 4.84. The lowest BCUT2D eigenvalue weighted by atomic mass is 9.98. The SMILES string of the molecule is O=C(O)Cc1c(-c2ccccc2F)[nH]c2ccc(OC3CCCCC3)cc12. The zero-order valence-corrected chi connectivity index (χ0v) is 15.0. The van der Waals surface area contributed by atoms with Crippen LogP contribution in [0.3, 0.4) is 0 Å². The molecule has 0 bridgehead atoms. The van der Waals surface area contributed by atoms with Crippen molar-refractivity contribution in [2.75, 3.05) is 0 Å². The maximum Gasteiger partial charge on any atom is 0.307 e. The number of nitrogens with one attached hydrogen (secondary N) is 1. The molecule has 2 N–H and O–H groups in total. The average Bonchev–Trinajstić information content (AvgIpc) is 3.00. The minimum atomic E-state index is -0.952. The van der Waals surface area contributed by atoms with Crippen molar-refractivity contribution >= 4 is 16.9 Å². The number of carboxylic acid groups (broad SMARTS) is 1. The fraction of sp³-hybridized carbons (Fsp3) is 0.318. The Balaban J connectivity index is 1.77. The van der Waals surface area contributed by atoms with E-state index in [1.54, 1.807) is 18.2 Å². The third-order valence-corrected chi connectivity index (χ3v) is 5.20. The van der Waals surface area contributed by atoms with E-state index in [-0.39, 0.29) is 18.3 Å². The van der Waals surface area contributed by atoms with Crippen molar-refractivity contribution < 1.29 is 19.0 Å². The summed E-state index contributed by atoms with van der Waals surface area (Å²) in [6.07, 6.45) is 5.74. The third kappa shape index (κ3) is 3.68. The van der Waals surface area contributed by atoms with E-state index < -0.39 is 5.97 Å². The number of aliphatic carboxylic acids is 1. The summed E-state index contributed by atoms with van der Waals surface area (Å²) in [5, 5.41) is 10.1. The van der Waals surface area contributed by atoms with Gasteiger partial charge < -0.3 is 14.8 Å². The largest absolute Gasteiger partial charge is 0.490 e. The molecule has 0 atom stereocenters. The van der Waals surface area contributed by atoms with Gasteiger partial charge in [0.1, 0.15) is 11.6 Å². The molecule has 1 saturated carbocycles. The number of halogens is 1. The van der Waals surface area contributed by atoms with Crippen LogP contribution in [0.1, 0.15) is 37.7 Å². The number of ether oxygens (including phenoxy) is 1. The molecule has 4 nitrogen and oxygen atoms in total. The highest BCUT2D eigenvalue weighted by molar-refractivity contribution is 5.94. The monoisotopic (exact) mass is 367 g/mol.